The van der Waals surface area contributed by atoms with Crippen LogP contribution in [0, 0.1) is 6.92 Å². The third-order valence-electron chi connectivity index (χ3n) is 3.51. The van der Waals surface area contributed by atoms with Crippen LogP contribution < -0.4 is 4.74 Å². The quantitative estimate of drug-likeness (QED) is 0.872. The van der Waals surface area contributed by atoms with E-state index in [9.17, 15) is 5.11 Å². The van der Waals surface area contributed by atoms with Gasteiger partial charge in [-0.25, -0.2) is 0 Å². The van der Waals surface area contributed by atoms with Gasteiger partial charge in [0, 0.05) is 17.3 Å². The number of rotatable bonds is 5. The Hall–Kier alpha value is -1.32. The Balaban J connectivity index is 2.16. The molecular formula is C18H21BrO2. The van der Waals surface area contributed by atoms with E-state index in [2.05, 4.69) is 22.0 Å². The highest BCUT2D eigenvalue weighted by Gasteiger charge is 2.23. The van der Waals surface area contributed by atoms with E-state index in [0.717, 1.165) is 21.3 Å². The van der Waals surface area contributed by atoms with Gasteiger partial charge in [0.2, 0.25) is 0 Å². The maximum Gasteiger partial charge on any atom is 0.122 e. The van der Waals surface area contributed by atoms with E-state index in [4.69, 9.17) is 4.74 Å². The second kappa shape index (κ2) is 6.63. The van der Waals surface area contributed by atoms with E-state index < -0.39 is 5.60 Å². The summed E-state index contributed by atoms with van der Waals surface area (Å²) in [5.41, 5.74) is 2.52. The van der Waals surface area contributed by atoms with Crippen LogP contribution in [0.25, 0.3) is 0 Å². The molecule has 2 aromatic carbocycles. The molecule has 0 heterocycles. The van der Waals surface area contributed by atoms with Gasteiger partial charge in [-0.15, -0.1) is 0 Å². The number of hydrogen-bond acceptors (Lipinski definition) is 2. The standard InChI is InChI=1S/C18H21BrO2/c1-13-4-9-17(21-3)15(10-13)12-18(2,20)11-14-5-7-16(19)8-6-14/h4-10,20H,11-12H2,1-3H3. The van der Waals surface area contributed by atoms with Crippen LogP contribution in [0.3, 0.4) is 0 Å². The van der Waals surface area contributed by atoms with Crippen LogP contribution in [0.15, 0.2) is 46.9 Å². The van der Waals surface area contributed by atoms with E-state index in [1.165, 1.54) is 5.56 Å². The van der Waals surface area contributed by atoms with Crippen molar-refractivity contribution in [3.8, 4) is 5.75 Å². The molecule has 1 unspecified atom stereocenters. The van der Waals surface area contributed by atoms with Gasteiger partial charge in [-0.05, 0) is 43.2 Å². The number of benzene rings is 2. The molecule has 0 radical (unpaired) electrons. The number of methoxy groups -OCH3 is 1. The molecule has 0 bridgehead atoms. The van der Waals surface area contributed by atoms with Crippen molar-refractivity contribution >= 4 is 15.9 Å². The van der Waals surface area contributed by atoms with Gasteiger partial charge in [0.25, 0.3) is 0 Å². The molecule has 0 saturated heterocycles. The molecule has 21 heavy (non-hydrogen) atoms. The number of hydrogen-bond donors (Lipinski definition) is 1. The van der Waals surface area contributed by atoms with Crippen molar-refractivity contribution in [2.24, 2.45) is 0 Å². The van der Waals surface area contributed by atoms with Crippen molar-refractivity contribution in [2.45, 2.75) is 32.3 Å². The fraction of sp³-hybridized carbons (Fsp3) is 0.333. The second-order valence-electron chi connectivity index (χ2n) is 5.79. The Labute approximate surface area is 134 Å². The summed E-state index contributed by atoms with van der Waals surface area (Å²) < 4.78 is 6.44. The highest BCUT2D eigenvalue weighted by Crippen LogP contribution is 2.26. The predicted molar refractivity (Wildman–Crippen MR) is 89.9 cm³/mol. The third-order valence-corrected chi connectivity index (χ3v) is 4.03. The molecule has 0 aliphatic heterocycles. The minimum Gasteiger partial charge on any atom is -0.496 e. The number of ether oxygens (including phenoxy) is 1. The monoisotopic (exact) mass is 348 g/mol. The Morgan fingerprint density at radius 1 is 1.10 bits per heavy atom. The molecule has 0 fully saturated rings. The Kier molecular flexibility index (Phi) is 5.07. The normalized spacial score (nSPS) is 13.8. The summed E-state index contributed by atoms with van der Waals surface area (Å²) in [6.07, 6.45) is 1.17. The number of aryl methyl sites for hydroxylation is 1. The first-order valence-electron chi connectivity index (χ1n) is 7.00. The maximum absolute atomic E-state index is 10.7. The van der Waals surface area contributed by atoms with Crippen LogP contribution >= 0.6 is 15.9 Å². The lowest BCUT2D eigenvalue weighted by Crippen LogP contribution is -2.30. The zero-order valence-corrected chi connectivity index (χ0v) is 14.3. The van der Waals surface area contributed by atoms with Crippen molar-refractivity contribution in [3.63, 3.8) is 0 Å². The zero-order valence-electron chi connectivity index (χ0n) is 12.7. The molecule has 1 N–H and O–H groups in total. The van der Waals surface area contributed by atoms with E-state index in [0.29, 0.717) is 12.8 Å². The van der Waals surface area contributed by atoms with Gasteiger partial charge in [-0.3, -0.25) is 0 Å². The summed E-state index contributed by atoms with van der Waals surface area (Å²) in [5.74, 6) is 0.830. The lowest BCUT2D eigenvalue weighted by Gasteiger charge is -2.25. The first kappa shape index (κ1) is 16.1. The first-order chi connectivity index (χ1) is 9.89. The van der Waals surface area contributed by atoms with Gasteiger partial charge in [0.15, 0.2) is 0 Å². The lowest BCUT2D eigenvalue weighted by atomic mass is 9.89. The molecule has 2 nitrogen and oxygen atoms in total. The third kappa shape index (κ3) is 4.58. The van der Waals surface area contributed by atoms with Crippen LogP contribution in [0.5, 0.6) is 5.75 Å². The van der Waals surface area contributed by atoms with E-state index in [-0.39, 0.29) is 0 Å². The van der Waals surface area contributed by atoms with Crippen LogP contribution in [0.2, 0.25) is 0 Å². The molecule has 2 aromatic rings. The number of aliphatic hydroxyl groups is 1. The highest BCUT2D eigenvalue weighted by molar-refractivity contribution is 9.10. The van der Waals surface area contributed by atoms with Gasteiger partial charge >= 0.3 is 0 Å². The minimum absolute atomic E-state index is 0.563. The molecule has 0 aromatic heterocycles. The summed E-state index contributed by atoms with van der Waals surface area (Å²) in [4.78, 5) is 0. The van der Waals surface area contributed by atoms with Gasteiger partial charge in [-0.2, -0.15) is 0 Å². The molecule has 0 amide bonds. The molecule has 1 atom stereocenters. The van der Waals surface area contributed by atoms with Gasteiger partial charge in [0.05, 0.1) is 12.7 Å². The largest absolute Gasteiger partial charge is 0.496 e. The van der Waals surface area contributed by atoms with Crippen LogP contribution in [-0.2, 0) is 12.8 Å². The summed E-state index contributed by atoms with van der Waals surface area (Å²) in [6.45, 7) is 3.92. The van der Waals surface area contributed by atoms with Gasteiger partial charge in [-0.1, -0.05) is 45.8 Å². The van der Waals surface area contributed by atoms with Crippen LogP contribution in [0.4, 0.5) is 0 Å². The predicted octanol–water partition coefficient (Wildman–Crippen LogP) is 4.30. The topological polar surface area (TPSA) is 29.5 Å². The fourth-order valence-corrected chi connectivity index (χ4v) is 2.82. The van der Waals surface area contributed by atoms with Gasteiger partial charge in [0.1, 0.15) is 5.75 Å². The summed E-state index contributed by atoms with van der Waals surface area (Å²) in [5, 5.41) is 10.7. The molecule has 0 aliphatic carbocycles. The SMILES string of the molecule is COc1ccc(C)cc1CC(C)(O)Cc1ccc(Br)cc1. The average Bonchev–Trinajstić information content (AvgIpc) is 2.41. The smallest absolute Gasteiger partial charge is 0.122 e. The van der Waals surface area contributed by atoms with Crippen molar-refractivity contribution in [1.29, 1.82) is 0 Å². The molecule has 0 spiro atoms. The first-order valence-corrected chi connectivity index (χ1v) is 7.79. The van der Waals surface area contributed by atoms with Crippen molar-refractivity contribution in [3.05, 3.63) is 63.6 Å². The van der Waals surface area contributed by atoms with E-state index in [1.54, 1.807) is 7.11 Å². The van der Waals surface area contributed by atoms with Gasteiger partial charge < -0.3 is 9.84 Å². The van der Waals surface area contributed by atoms with E-state index in [1.807, 2.05) is 50.2 Å². The summed E-state index contributed by atoms with van der Waals surface area (Å²) in [7, 11) is 1.66. The Bertz CT molecular complexity index is 603. The number of halogens is 1. The average molecular weight is 349 g/mol. The van der Waals surface area contributed by atoms with Crippen molar-refractivity contribution in [2.75, 3.05) is 7.11 Å². The lowest BCUT2D eigenvalue weighted by molar-refractivity contribution is 0.0602. The molecule has 0 aliphatic rings. The zero-order chi connectivity index (χ0) is 15.5. The van der Waals surface area contributed by atoms with Crippen molar-refractivity contribution in [1.82, 2.24) is 0 Å². The molecule has 3 heteroatoms. The van der Waals surface area contributed by atoms with Crippen LogP contribution in [0.1, 0.15) is 23.6 Å². The maximum atomic E-state index is 10.7. The van der Waals surface area contributed by atoms with Crippen LogP contribution in [-0.4, -0.2) is 17.8 Å². The summed E-state index contributed by atoms with van der Waals surface area (Å²) >= 11 is 3.43. The highest BCUT2D eigenvalue weighted by atomic mass is 79.9. The fourth-order valence-electron chi connectivity index (χ4n) is 2.56. The van der Waals surface area contributed by atoms with Crippen molar-refractivity contribution < 1.29 is 9.84 Å². The molecular weight excluding hydrogens is 328 g/mol. The summed E-state index contributed by atoms with van der Waals surface area (Å²) in [6, 6.07) is 14.1. The van der Waals surface area contributed by atoms with E-state index >= 15 is 0 Å². The second-order valence-corrected chi connectivity index (χ2v) is 6.71. The molecule has 2 rings (SSSR count). The minimum atomic E-state index is -0.811. The Morgan fingerprint density at radius 3 is 2.38 bits per heavy atom. The molecule has 112 valence electrons. The molecule has 0 saturated carbocycles. The Morgan fingerprint density at radius 2 is 1.76 bits per heavy atom.